The number of para-hydroxylation sites is 1. The summed E-state index contributed by atoms with van der Waals surface area (Å²) in [5.41, 5.74) is 5.46. The Morgan fingerprint density at radius 3 is 2.36 bits per heavy atom. The maximum atomic E-state index is 11.7. The van der Waals surface area contributed by atoms with Crippen LogP contribution < -0.4 is 28.9 Å². The first kappa shape index (κ1) is 22.1. The van der Waals surface area contributed by atoms with Crippen molar-refractivity contribution in [1.82, 2.24) is 0 Å². The van der Waals surface area contributed by atoms with E-state index in [2.05, 4.69) is 59.9 Å². The SMILES string of the molecule is COC(=O)c1ccc(CN2C(=CC=[N+](C)C)C(C)(C)c3ccccc32)cc1.[I-]. The maximum absolute atomic E-state index is 11.7. The van der Waals surface area contributed by atoms with Gasteiger partial charge < -0.3 is 33.6 Å². The van der Waals surface area contributed by atoms with E-state index in [1.807, 2.05) is 38.4 Å². The van der Waals surface area contributed by atoms with Gasteiger partial charge in [-0.05, 0) is 29.3 Å². The van der Waals surface area contributed by atoms with Crippen molar-refractivity contribution >= 4 is 17.9 Å². The number of allylic oxidation sites excluding steroid dienone is 2. The first-order valence-electron chi connectivity index (χ1n) is 9.11. The van der Waals surface area contributed by atoms with Crippen LogP contribution in [0.2, 0.25) is 0 Å². The van der Waals surface area contributed by atoms with Gasteiger partial charge in [-0.3, -0.25) is 0 Å². The van der Waals surface area contributed by atoms with Crippen LogP contribution in [0.1, 0.15) is 35.3 Å². The Morgan fingerprint density at radius 1 is 1.11 bits per heavy atom. The van der Waals surface area contributed by atoms with Gasteiger partial charge in [0.25, 0.3) is 0 Å². The zero-order valence-corrected chi connectivity index (χ0v) is 19.2. The number of esters is 1. The van der Waals surface area contributed by atoms with Crippen LogP contribution in [0.3, 0.4) is 0 Å². The Hall–Kier alpha value is -2.15. The number of halogens is 1. The van der Waals surface area contributed by atoms with Gasteiger partial charge in [-0.2, -0.15) is 0 Å². The maximum Gasteiger partial charge on any atom is 0.337 e. The number of nitrogens with zero attached hydrogens (tertiary/aromatic N) is 2. The van der Waals surface area contributed by atoms with Crippen molar-refractivity contribution < 1.29 is 38.1 Å². The van der Waals surface area contributed by atoms with Crippen LogP contribution in [-0.4, -0.2) is 38.0 Å². The Morgan fingerprint density at radius 2 is 1.75 bits per heavy atom. The summed E-state index contributed by atoms with van der Waals surface area (Å²) >= 11 is 0. The lowest BCUT2D eigenvalue weighted by molar-refractivity contribution is -0.458. The second-order valence-electron chi connectivity index (χ2n) is 7.58. The second kappa shape index (κ2) is 8.90. The molecule has 5 heteroatoms. The van der Waals surface area contributed by atoms with Gasteiger partial charge in [-0.1, -0.05) is 44.2 Å². The molecule has 0 saturated carbocycles. The van der Waals surface area contributed by atoms with E-state index in [1.165, 1.54) is 24.1 Å². The summed E-state index contributed by atoms with van der Waals surface area (Å²) in [6.45, 7) is 5.28. The van der Waals surface area contributed by atoms with E-state index in [0.29, 0.717) is 5.56 Å². The van der Waals surface area contributed by atoms with Gasteiger partial charge in [-0.15, -0.1) is 0 Å². The highest BCUT2D eigenvalue weighted by molar-refractivity contribution is 5.89. The number of carbonyl (C=O) groups is 1. The van der Waals surface area contributed by atoms with Crippen LogP contribution in [0.5, 0.6) is 0 Å². The quantitative estimate of drug-likeness (QED) is 0.278. The predicted molar refractivity (Wildman–Crippen MR) is 110 cm³/mol. The molecule has 0 N–H and O–H groups in total. The van der Waals surface area contributed by atoms with Gasteiger partial charge in [-0.25, -0.2) is 9.37 Å². The van der Waals surface area contributed by atoms with Gasteiger partial charge >= 0.3 is 5.97 Å². The highest BCUT2D eigenvalue weighted by Gasteiger charge is 2.39. The van der Waals surface area contributed by atoms with Crippen molar-refractivity contribution in [2.45, 2.75) is 25.8 Å². The van der Waals surface area contributed by atoms with Crippen LogP contribution in [0, 0.1) is 0 Å². The molecule has 28 heavy (non-hydrogen) atoms. The molecule has 1 heterocycles. The molecule has 2 aromatic rings. The number of methoxy groups -OCH3 is 1. The lowest BCUT2D eigenvalue weighted by Gasteiger charge is -2.26. The summed E-state index contributed by atoms with van der Waals surface area (Å²) in [6, 6.07) is 16.2. The number of rotatable bonds is 4. The zero-order valence-electron chi connectivity index (χ0n) is 17.1. The summed E-state index contributed by atoms with van der Waals surface area (Å²) in [5.74, 6) is -0.310. The first-order valence-corrected chi connectivity index (χ1v) is 9.11. The number of fused-ring (bicyclic) bond motifs is 1. The van der Waals surface area contributed by atoms with Gasteiger partial charge in [0.15, 0.2) is 6.21 Å². The first-order chi connectivity index (χ1) is 12.8. The fourth-order valence-corrected chi connectivity index (χ4v) is 3.58. The van der Waals surface area contributed by atoms with E-state index < -0.39 is 0 Å². The van der Waals surface area contributed by atoms with Gasteiger partial charge in [0, 0.05) is 29.4 Å². The third-order valence-corrected chi connectivity index (χ3v) is 5.05. The molecule has 0 radical (unpaired) electrons. The molecule has 0 atom stereocenters. The summed E-state index contributed by atoms with van der Waals surface area (Å²) in [4.78, 5) is 14.0. The molecule has 0 spiro atoms. The number of ether oxygens (including phenoxy) is 1. The van der Waals surface area contributed by atoms with Crippen molar-refractivity contribution in [2.75, 3.05) is 26.1 Å². The summed E-state index contributed by atoms with van der Waals surface area (Å²) in [5, 5.41) is 0. The molecular weight excluding hydrogens is 463 g/mol. The third kappa shape index (κ3) is 4.29. The average Bonchev–Trinajstić information content (AvgIpc) is 2.87. The van der Waals surface area contributed by atoms with Crippen molar-refractivity contribution in [2.24, 2.45) is 0 Å². The minimum absolute atomic E-state index is 0. The molecule has 1 aliphatic rings. The predicted octanol–water partition coefficient (Wildman–Crippen LogP) is 1.00. The van der Waals surface area contributed by atoms with Crippen LogP contribution >= 0.6 is 0 Å². The Kier molecular flexibility index (Phi) is 7.04. The third-order valence-electron chi connectivity index (χ3n) is 5.05. The van der Waals surface area contributed by atoms with Gasteiger partial charge in [0.1, 0.15) is 14.1 Å². The number of carbonyl (C=O) groups excluding carboxylic acids is 1. The normalized spacial score (nSPS) is 15.6. The second-order valence-corrected chi connectivity index (χ2v) is 7.58. The van der Waals surface area contributed by atoms with Crippen LogP contribution in [0.25, 0.3) is 0 Å². The fourth-order valence-electron chi connectivity index (χ4n) is 3.58. The molecule has 1 aliphatic heterocycles. The molecule has 0 bridgehead atoms. The molecule has 0 aliphatic carbocycles. The van der Waals surface area contributed by atoms with Crippen molar-refractivity contribution in [1.29, 1.82) is 0 Å². The minimum Gasteiger partial charge on any atom is -1.00 e. The van der Waals surface area contributed by atoms with E-state index >= 15 is 0 Å². The average molecular weight is 490 g/mol. The van der Waals surface area contributed by atoms with Crippen molar-refractivity contribution in [3.8, 4) is 0 Å². The smallest absolute Gasteiger partial charge is 0.337 e. The van der Waals surface area contributed by atoms with E-state index in [1.54, 1.807) is 0 Å². The van der Waals surface area contributed by atoms with E-state index in [9.17, 15) is 4.79 Å². The van der Waals surface area contributed by atoms with Gasteiger partial charge in [0.2, 0.25) is 0 Å². The molecule has 4 nitrogen and oxygen atoms in total. The molecule has 0 aromatic heterocycles. The summed E-state index contributed by atoms with van der Waals surface area (Å²) < 4.78 is 6.84. The molecule has 2 aromatic carbocycles. The Bertz CT molecular complexity index is 910. The Labute approximate surface area is 184 Å². The summed E-state index contributed by atoms with van der Waals surface area (Å²) in [6.07, 6.45) is 4.29. The van der Waals surface area contributed by atoms with E-state index in [4.69, 9.17) is 4.74 Å². The van der Waals surface area contributed by atoms with Crippen LogP contribution in [0.15, 0.2) is 60.3 Å². The van der Waals surface area contributed by atoms with Crippen molar-refractivity contribution in [3.63, 3.8) is 0 Å². The molecule has 0 unspecified atom stereocenters. The topological polar surface area (TPSA) is 32.5 Å². The number of hydrogen-bond donors (Lipinski definition) is 0. The number of hydrogen-bond acceptors (Lipinski definition) is 3. The lowest BCUT2D eigenvalue weighted by Crippen LogP contribution is -3.00. The lowest BCUT2D eigenvalue weighted by atomic mass is 9.84. The molecule has 0 amide bonds. The number of anilines is 1. The standard InChI is InChI=1S/C23H27N2O2.HI/c1-23(2)19-8-6-7-9-20(19)25(21(23)14-15-24(3)4)16-17-10-12-18(13-11-17)22(26)27-5;/h6-15H,16H2,1-5H3;1H/q+1;/p-1. The Balaban J connectivity index is 0.00000280. The molecule has 148 valence electrons. The monoisotopic (exact) mass is 490 g/mol. The largest absolute Gasteiger partial charge is 1.00 e. The van der Waals surface area contributed by atoms with E-state index in [0.717, 1.165) is 12.1 Å². The van der Waals surface area contributed by atoms with Crippen LogP contribution in [0.4, 0.5) is 5.69 Å². The zero-order chi connectivity index (χ0) is 19.6. The number of benzene rings is 2. The molecule has 0 fully saturated rings. The minimum atomic E-state index is -0.310. The summed E-state index contributed by atoms with van der Waals surface area (Å²) in [7, 11) is 5.46. The van der Waals surface area contributed by atoms with Crippen molar-refractivity contribution in [3.05, 3.63) is 77.0 Å². The van der Waals surface area contributed by atoms with E-state index in [-0.39, 0.29) is 35.4 Å². The molecule has 3 rings (SSSR count). The molecular formula is C23H27IN2O2. The highest BCUT2D eigenvalue weighted by atomic mass is 127. The fraction of sp³-hybridized carbons (Fsp3) is 0.304. The van der Waals surface area contributed by atoms with Gasteiger partial charge in [0.05, 0.1) is 12.7 Å². The van der Waals surface area contributed by atoms with Crippen LogP contribution in [-0.2, 0) is 16.7 Å². The highest BCUT2D eigenvalue weighted by Crippen LogP contribution is 2.47. The molecule has 0 saturated heterocycles.